The predicted octanol–water partition coefficient (Wildman–Crippen LogP) is 5.14. The van der Waals surface area contributed by atoms with Crippen molar-refractivity contribution in [3.05, 3.63) is 99.1 Å². The molecule has 10 heteroatoms. The van der Waals surface area contributed by atoms with Gasteiger partial charge in [-0.2, -0.15) is 0 Å². The van der Waals surface area contributed by atoms with E-state index < -0.39 is 33.3 Å². The summed E-state index contributed by atoms with van der Waals surface area (Å²) in [7, 11) is -2.62. The second kappa shape index (κ2) is 10.1. The Morgan fingerprint density at radius 1 is 1.03 bits per heavy atom. The van der Waals surface area contributed by atoms with Crippen molar-refractivity contribution in [3.8, 4) is 5.75 Å². The van der Waals surface area contributed by atoms with Crippen molar-refractivity contribution >= 4 is 32.7 Å². The number of benzene rings is 3. The van der Waals surface area contributed by atoms with Gasteiger partial charge < -0.3 is 4.74 Å². The lowest BCUT2D eigenvalue weighted by Crippen LogP contribution is -2.21. The second-order valence-corrected chi connectivity index (χ2v) is 10.6. The average Bonchev–Trinajstić information content (AvgIpc) is 3.15. The molecule has 4 rings (SSSR count). The van der Waals surface area contributed by atoms with Crippen molar-refractivity contribution in [3.63, 3.8) is 0 Å². The molecule has 3 aromatic carbocycles. The summed E-state index contributed by atoms with van der Waals surface area (Å²) in [6.07, 6.45) is 0. The molecule has 0 aliphatic rings. The highest BCUT2D eigenvalue weighted by molar-refractivity contribution is 7.92. The van der Waals surface area contributed by atoms with Crippen molar-refractivity contribution in [2.24, 2.45) is 0 Å². The molecule has 1 aromatic heterocycles. The molecule has 0 radical (unpaired) electrons. The minimum absolute atomic E-state index is 0.0101. The Morgan fingerprint density at radius 2 is 1.65 bits per heavy atom. The van der Waals surface area contributed by atoms with Crippen LogP contribution >= 0.6 is 0 Å². The van der Waals surface area contributed by atoms with E-state index in [4.69, 9.17) is 4.74 Å². The Bertz CT molecular complexity index is 1590. The first-order valence-electron chi connectivity index (χ1n) is 11.5. The highest BCUT2D eigenvalue weighted by Gasteiger charge is 2.32. The lowest BCUT2D eigenvalue weighted by Gasteiger charge is -2.18. The fraction of sp³-hybridized carbons (Fsp3) is 0.222. The van der Waals surface area contributed by atoms with E-state index in [-0.39, 0.29) is 10.7 Å². The van der Waals surface area contributed by atoms with Gasteiger partial charge in [-0.05, 0) is 55.8 Å². The number of nitrogens with one attached hydrogen (secondary N) is 1. The zero-order chi connectivity index (χ0) is 26.9. The van der Waals surface area contributed by atoms with Crippen LogP contribution < -0.4 is 9.46 Å². The molecular weight excluding hydrogens is 494 g/mol. The van der Waals surface area contributed by atoms with Gasteiger partial charge in [-0.15, -0.1) is 0 Å². The Morgan fingerprint density at radius 3 is 2.22 bits per heavy atom. The molecule has 1 unspecified atom stereocenters. The van der Waals surface area contributed by atoms with Crippen molar-refractivity contribution in [2.75, 3.05) is 18.4 Å². The Kier molecular flexibility index (Phi) is 7.04. The number of nitro groups is 1. The molecule has 1 N–H and O–H groups in total. The molecule has 192 valence electrons. The van der Waals surface area contributed by atoms with Crippen LogP contribution in [0.4, 0.5) is 5.82 Å². The number of rotatable bonds is 8. The number of ether oxygens (including phenoxy) is 1. The maximum absolute atomic E-state index is 13.5. The third-order valence-electron chi connectivity index (χ3n) is 6.24. The molecule has 4 aromatic rings. The van der Waals surface area contributed by atoms with Crippen LogP contribution in [-0.2, 0) is 10.0 Å². The third-order valence-corrected chi connectivity index (χ3v) is 7.59. The minimum atomic E-state index is -4.13. The molecule has 0 spiro atoms. The summed E-state index contributed by atoms with van der Waals surface area (Å²) in [5, 5.41) is 12.4. The molecule has 1 atom stereocenters. The van der Waals surface area contributed by atoms with Gasteiger partial charge in [0.1, 0.15) is 11.6 Å². The van der Waals surface area contributed by atoms with E-state index in [0.717, 1.165) is 11.1 Å². The van der Waals surface area contributed by atoms with Crippen LogP contribution in [0.15, 0.2) is 71.6 Å². The second-order valence-electron chi connectivity index (χ2n) is 8.90. The number of carbonyl (C=O) groups is 1. The number of carbonyl (C=O) groups excluding carboxylic acids is 1. The summed E-state index contributed by atoms with van der Waals surface area (Å²) in [6.45, 7) is 4.51. The molecule has 0 saturated heterocycles. The molecule has 1 heterocycles. The summed E-state index contributed by atoms with van der Waals surface area (Å²) in [5.74, 6) is -0.736. The zero-order valence-electron chi connectivity index (χ0n) is 20.9. The minimum Gasteiger partial charge on any atom is -0.497 e. The number of hydrogen-bond donors (Lipinski definition) is 1. The fourth-order valence-corrected chi connectivity index (χ4v) is 5.53. The zero-order valence-corrected chi connectivity index (χ0v) is 21.7. The molecule has 9 nitrogen and oxygen atoms in total. The molecular formula is C27H27N3O6S. The molecule has 0 saturated carbocycles. The van der Waals surface area contributed by atoms with E-state index in [1.165, 1.54) is 30.7 Å². The lowest BCUT2D eigenvalue weighted by atomic mass is 9.90. The maximum Gasteiger partial charge on any atom is 0.263 e. The van der Waals surface area contributed by atoms with Gasteiger partial charge in [-0.1, -0.05) is 41.5 Å². The Balaban J connectivity index is 2.03. The summed E-state index contributed by atoms with van der Waals surface area (Å²) < 4.78 is 36.0. The summed E-state index contributed by atoms with van der Waals surface area (Å²) in [4.78, 5) is 24.3. The number of hydrogen-bond acceptors (Lipinski definition) is 6. The molecule has 0 bridgehead atoms. The fourth-order valence-electron chi connectivity index (χ4n) is 4.46. The predicted molar refractivity (Wildman–Crippen MR) is 142 cm³/mol. The van der Waals surface area contributed by atoms with E-state index in [0.29, 0.717) is 27.8 Å². The monoisotopic (exact) mass is 521 g/mol. The molecule has 0 aliphatic heterocycles. The van der Waals surface area contributed by atoms with E-state index >= 15 is 0 Å². The Hall–Kier alpha value is -4.18. The number of aryl methyl sites for hydroxylation is 2. The van der Waals surface area contributed by atoms with Crippen LogP contribution in [0.2, 0.25) is 0 Å². The van der Waals surface area contributed by atoms with Gasteiger partial charge in [0.25, 0.3) is 10.0 Å². The standard InChI is InChI=1S/C27H27N3O6S/c1-17-5-12-22(13-6-17)37(34,35)28-27-26(23-15-18(2)7-14-25(23)30(27)19(3)31)24(16-29(32)33)20-8-10-21(36-4)11-9-20/h5-15,24,28H,16H2,1-4H3. The molecule has 0 amide bonds. The first-order valence-corrected chi connectivity index (χ1v) is 13.0. The molecule has 0 aliphatic carbocycles. The highest BCUT2D eigenvalue weighted by atomic mass is 32.2. The first kappa shape index (κ1) is 25.9. The van der Waals surface area contributed by atoms with Crippen molar-refractivity contribution in [2.45, 2.75) is 31.6 Å². The van der Waals surface area contributed by atoms with E-state index in [2.05, 4.69) is 4.72 Å². The van der Waals surface area contributed by atoms with Crippen LogP contribution in [0.5, 0.6) is 5.75 Å². The van der Waals surface area contributed by atoms with Crippen LogP contribution in [0, 0.1) is 24.0 Å². The molecule has 0 fully saturated rings. The largest absolute Gasteiger partial charge is 0.497 e. The van der Waals surface area contributed by atoms with Gasteiger partial charge in [-0.25, -0.2) is 8.42 Å². The summed E-state index contributed by atoms with van der Waals surface area (Å²) in [5.41, 5.74) is 3.14. The lowest BCUT2D eigenvalue weighted by molar-refractivity contribution is -0.481. The number of anilines is 1. The quantitative estimate of drug-likeness (QED) is 0.253. The van der Waals surface area contributed by atoms with Crippen LogP contribution in [0.25, 0.3) is 10.9 Å². The topological polar surface area (TPSA) is 121 Å². The average molecular weight is 522 g/mol. The number of sulfonamides is 1. The van der Waals surface area contributed by atoms with Crippen molar-refractivity contribution in [1.82, 2.24) is 4.57 Å². The highest BCUT2D eigenvalue weighted by Crippen LogP contribution is 2.41. The van der Waals surface area contributed by atoms with E-state index in [1.807, 2.05) is 19.9 Å². The normalized spacial score (nSPS) is 12.3. The van der Waals surface area contributed by atoms with Crippen molar-refractivity contribution < 1.29 is 22.9 Å². The van der Waals surface area contributed by atoms with E-state index in [9.17, 15) is 23.3 Å². The molecule has 37 heavy (non-hydrogen) atoms. The van der Waals surface area contributed by atoms with Gasteiger partial charge in [0.05, 0.1) is 23.4 Å². The first-order chi connectivity index (χ1) is 17.5. The van der Waals surface area contributed by atoms with Crippen LogP contribution in [0.1, 0.15) is 39.9 Å². The smallest absolute Gasteiger partial charge is 0.263 e. The summed E-state index contributed by atoms with van der Waals surface area (Å²) >= 11 is 0. The van der Waals surface area contributed by atoms with E-state index in [1.54, 1.807) is 48.5 Å². The number of fused-ring (bicyclic) bond motifs is 1. The van der Waals surface area contributed by atoms with Crippen LogP contribution in [0.3, 0.4) is 0 Å². The van der Waals surface area contributed by atoms with Crippen LogP contribution in [-0.4, -0.2) is 37.5 Å². The number of methoxy groups -OCH3 is 1. The van der Waals surface area contributed by atoms with Gasteiger partial charge in [0, 0.05) is 22.8 Å². The third kappa shape index (κ3) is 5.19. The Labute approximate surface area is 214 Å². The maximum atomic E-state index is 13.5. The van der Waals surface area contributed by atoms with Crippen molar-refractivity contribution in [1.29, 1.82) is 0 Å². The van der Waals surface area contributed by atoms with Gasteiger partial charge in [0.2, 0.25) is 12.5 Å². The van der Waals surface area contributed by atoms with Gasteiger partial charge >= 0.3 is 0 Å². The summed E-state index contributed by atoms with van der Waals surface area (Å²) in [6, 6.07) is 18.4. The van der Waals surface area contributed by atoms with Gasteiger partial charge in [-0.3, -0.25) is 24.2 Å². The SMILES string of the molecule is COc1ccc(C(C[N+](=O)[O-])c2c(NS(=O)(=O)c3ccc(C)cc3)n(C(C)=O)c3ccc(C)cc23)cc1. The van der Waals surface area contributed by atoms with Gasteiger partial charge in [0.15, 0.2) is 0 Å². The number of aromatic nitrogens is 1. The number of nitrogens with zero attached hydrogens (tertiary/aromatic N) is 2.